The van der Waals surface area contributed by atoms with Gasteiger partial charge in [0.05, 0.1) is 0 Å². The Morgan fingerprint density at radius 1 is 1.18 bits per heavy atom. The molecule has 2 N–H and O–H groups in total. The van der Waals surface area contributed by atoms with E-state index in [2.05, 4.69) is 19.9 Å². The van der Waals surface area contributed by atoms with Gasteiger partial charge in [-0.05, 0) is 55.3 Å². The van der Waals surface area contributed by atoms with Crippen LogP contribution >= 0.6 is 0 Å². The van der Waals surface area contributed by atoms with Gasteiger partial charge in [-0.3, -0.25) is 4.79 Å². The van der Waals surface area contributed by atoms with Crippen LogP contribution < -0.4 is 0 Å². The van der Waals surface area contributed by atoms with Gasteiger partial charge in [0.25, 0.3) is 0 Å². The van der Waals surface area contributed by atoms with Crippen LogP contribution in [0.25, 0.3) is 0 Å². The van der Waals surface area contributed by atoms with Gasteiger partial charge in [-0.1, -0.05) is 25.5 Å². The number of hydrogen-bond donors (Lipinski definition) is 2. The highest BCUT2D eigenvalue weighted by Crippen LogP contribution is 2.65. The van der Waals surface area contributed by atoms with Crippen LogP contribution in [0.2, 0.25) is 0 Å². The van der Waals surface area contributed by atoms with Crippen LogP contribution in [0.1, 0.15) is 65.2 Å². The van der Waals surface area contributed by atoms with Gasteiger partial charge in [0.2, 0.25) is 0 Å². The van der Waals surface area contributed by atoms with Gasteiger partial charge >= 0.3 is 0 Å². The minimum atomic E-state index is -1.59. The summed E-state index contributed by atoms with van der Waals surface area (Å²) in [6, 6.07) is 0. The average molecular weight is 304 g/mol. The first-order valence-corrected chi connectivity index (χ1v) is 8.94. The number of rotatable bonds is 0. The fourth-order valence-electron chi connectivity index (χ4n) is 6.54. The number of ketones is 1. The Balaban J connectivity index is 1.76. The monoisotopic (exact) mass is 304 g/mol. The zero-order valence-electron chi connectivity index (χ0n) is 13.8. The minimum absolute atomic E-state index is 0.155. The fraction of sp³-hybridized carbons (Fsp3) is 0.842. The third kappa shape index (κ3) is 1.73. The second-order valence-corrected chi connectivity index (χ2v) is 8.83. The molecule has 0 heterocycles. The number of Topliss-reactive ketones (excluding diaryl/α,β-unsaturated/α-hetero) is 1. The van der Waals surface area contributed by atoms with Crippen LogP contribution in [-0.2, 0) is 4.79 Å². The summed E-state index contributed by atoms with van der Waals surface area (Å²) < 4.78 is 0. The standard InChI is InChI=1S/C19H28O3/c1-17-9-7-15-14(16(17)10-13(20)11-17)6-5-12-4-3-8-19(21,22)18(12,15)2/h5,14-16,21-22H,3-4,6-11H2,1-2H3/t14-,15+,16+,17-,18+/m1/s1. The number of allylic oxidation sites excluding steroid dienone is 1. The molecular weight excluding hydrogens is 276 g/mol. The van der Waals surface area contributed by atoms with Gasteiger partial charge in [-0.2, -0.15) is 0 Å². The van der Waals surface area contributed by atoms with Crippen molar-refractivity contribution >= 4 is 5.78 Å². The first-order valence-electron chi connectivity index (χ1n) is 8.94. The third-order valence-corrected chi connectivity index (χ3v) is 7.85. The summed E-state index contributed by atoms with van der Waals surface area (Å²) in [5.41, 5.74) is 0.904. The summed E-state index contributed by atoms with van der Waals surface area (Å²) in [6.07, 6.45) is 9.19. The van der Waals surface area contributed by atoms with E-state index in [1.54, 1.807) is 0 Å². The van der Waals surface area contributed by atoms with Crippen molar-refractivity contribution in [1.82, 2.24) is 0 Å². The van der Waals surface area contributed by atoms with Crippen molar-refractivity contribution in [3.8, 4) is 0 Å². The average Bonchev–Trinajstić information content (AvgIpc) is 2.74. The first-order chi connectivity index (χ1) is 10.3. The molecular formula is C19H28O3. The van der Waals surface area contributed by atoms with E-state index in [-0.39, 0.29) is 5.41 Å². The molecule has 0 unspecified atom stereocenters. The summed E-state index contributed by atoms with van der Waals surface area (Å²) in [6.45, 7) is 4.36. The molecule has 0 aromatic heterocycles. The van der Waals surface area contributed by atoms with Gasteiger partial charge in [0, 0.05) is 24.7 Å². The van der Waals surface area contributed by atoms with Gasteiger partial charge in [0.15, 0.2) is 5.79 Å². The van der Waals surface area contributed by atoms with E-state index in [0.717, 1.165) is 38.5 Å². The lowest BCUT2D eigenvalue weighted by Gasteiger charge is -2.60. The highest BCUT2D eigenvalue weighted by Gasteiger charge is 2.62. The first kappa shape index (κ1) is 14.9. The molecule has 0 bridgehead atoms. The molecule has 0 radical (unpaired) electrons. The van der Waals surface area contributed by atoms with Gasteiger partial charge in [-0.15, -0.1) is 0 Å². The molecule has 122 valence electrons. The Kier molecular flexibility index (Phi) is 3.01. The molecule has 0 saturated heterocycles. The van der Waals surface area contributed by atoms with Crippen LogP contribution in [0.15, 0.2) is 11.6 Å². The Bertz CT molecular complexity index is 549. The number of fused-ring (bicyclic) bond motifs is 5. The van der Waals surface area contributed by atoms with Crippen molar-refractivity contribution in [2.45, 2.75) is 71.0 Å². The molecule has 4 aliphatic carbocycles. The normalized spacial score (nSPS) is 49.9. The molecule has 3 saturated carbocycles. The highest BCUT2D eigenvalue weighted by atomic mass is 16.5. The Morgan fingerprint density at radius 2 is 1.95 bits per heavy atom. The third-order valence-electron chi connectivity index (χ3n) is 7.85. The van der Waals surface area contributed by atoms with E-state index < -0.39 is 11.2 Å². The summed E-state index contributed by atoms with van der Waals surface area (Å²) in [5.74, 6) is 0.0149. The largest absolute Gasteiger partial charge is 0.365 e. The maximum absolute atomic E-state index is 12.1. The maximum atomic E-state index is 12.1. The number of hydrogen-bond acceptors (Lipinski definition) is 3. The lowest BCUT2D eigenvalue weighted by molar-refractivity contribution is -0.268. The quantitative estimate of drug-likeness (QED) is 0.534. The van der Waals surface area contributed by atoms with Crippen LogP contribution in [0.3, 0.4) is 0 Å². The van der Waals surface area contributed by atoms with E-state index >= 15 is 0 Å². The molecule has 3 fully saturated rings. The van der Waals surface area contributed by atoms with Gasteiger partial charge in [0.1, 0.15) is 5.78 Å². The van der Waals surface area contributed by atoms with Crippen LogP contribution in [-0.4, -0.2) is 21.8 Å². The summed E-state index contributed by atoms with van der Waals surface area (Å²) >= 11 is 0. The van der Waals surface area contributed by atoms with Crippen molar-refractivity contribution in [3.05, 3.63) is 11.6 Å². The molecule has 0 aliphatic heterocycles. The smallest absolute Gasteiger partial charge is 0.172 e. The second-order valence-electron chi connectivity index (χ2n) is 8.83. The molecule has 0 aromatic carbocycles. The van der Waals surface area contributed by atoms with Crippen molar-refractivity contribution in [2.75, 3.05) is 0 Å². The molecule has 0 amide bonds. The maximum Gasteiger partial charge on any atom is 0.172 e. The summed E-state index contributed by atoms with van der Waals surface area (Å²) in [5, 5.41) is 21.5. The van der Waals surface area contributed by atoms with Crippen LogP contribution in [0, 0.1) is 28.6 Å². The van der Waals surface area contributed by atoms with Gasteiger partial charge in [-0.25, -0.2) is 0 Å². The number of aliphatic hydroxyl groups is 2. The topological polar surface area (TPSA) is 57.5 Å². The van der Waals surface area contributed by atoms with Crippen molar-refractivity contribution < 1.29 is 15.0 Å². The molecule has 4 aliphatic rings. The van der Waals surface area contributed by atoms with E-state index in [4.69, 9.17) is 0 Å². The van der Waals surface area contributed by atoms with Gasteiger partial charge < -0.3 is 10.2 Å². The van der Waals surface area contributed by atoms with E-state index in [9.17, 15) is 15.0 Å². The Hall–Kier alpha value is -0.670. The molecule has 0 spiro atoms. The van der Waals surface area contributed by atoms with Crippen LogP contribution in [0.5, 0.6) is 0 Å². The molecule has 3 heteroatoms. The fourth-order valence-corrected chi connectivity index (χ4v) is 6.54. The molecule has 0 aromatic rings. The number of carbonyl (C=O) groups excluding carboxylic acids is 1. The highest BCUT2D eigenvalue weighted by molar-refractivity contribution is 5.82. The van der Waals surface area contributed by atoms with Crippen LogP contribution in [0.4, 0.5) is 0 Å². The second kappa shape index (κ2) is 4.45. The molecule has 5 atom stereocenters. The summed E-state index contributed by atoms with van der Waals surface area (Å²) in [4.78, 5) is 12.1. The van der Waals surface area contributed by atoms with Crippen molar-refractivity contribution in [3.63, 3.8) is 0 Å². The number of carbonyl (C=O) groups is 1. The SMILES string of the molecule is C[C@]12CC[C@H]3[C@@H](CC=C4CCCC(O)(O)[C@@]43C)[C@@H]1CC(=O)C2. The Morgan fingerprint density at radius 3 is 2.73 bits per heavy atom. The Labute approximate surface area is 132 Å². The van der Waals surface area contributed by atoms with E-state index in [1.807, 2.05) is 0 Å². The summed E-state index contributed by atoms with van der Waals surface area (Å²) in [7, 11) is 0. The zero-order chi connectivity index (χ0) is 15.8. The lowest BCUT2D eigenvalue weighted by atomic mass is 9.47. The van der Waals surface area contributed by atoms with Crippen molar-refractivity contribution in [1.29, 1.82) is 0 Å². The zero-order valence-corrected chi connectivity index (χ0v) is 13.8. The van der Waals surface area contributed by atoms with E-state index in [1.165, 1.54) is 5.57 Å². The van der Waals surface area contributed by atoms with Crippen molar-refractivity contribution in [2.24, 2.45) is 28.6 Å². The predicted molar refractivity (Wildman–Crippen MR) is 83.9 cm³/mol. The minimum Gasteiger partial charge on any atom is -0.365 e. The molecule has 4 rings (SSSR count). The molecule has 3 nitrogen and oxygen atoms in total. The molecule has 22 heavy (non-hydrogen) atoms. The van der Waals surface area contributed by atoms with E-state index in [0.29, 0.717) is 36.4 Å². The predicted octanol–water partition coefficient (Wildman–Crippen LogP) is 3.20. The lowest BCUT2D eigenvalue weighted by Crippen LogP contribution is -2.59.